The van der Waals surface area contributed by atoms with Crippen LogP contribution < -0.4 is 4.74 Å². The quantitative estimate of drug-likeness (QED) is 0.751. The number of ketones is 1. The second kappa shape index (κ2) is 5.55. The van der Waals surface area contributed by atoms with Gasteiger partial charge in [-0.1, -0.05) is 26.0 Å². The standard InChI is InChI=1S/C16H22O2/c1-11-8-9-14(10-12(11)2)18-16-7-5-4-6-15(16)13(3)17/h4-7,11-12,14H,8-10H2,1-3H3. The van der Waals surface area contributed by atoms with Gasteiger partial charge >= 0.3 is 0 Å². The normalized spacial score (nSPS) is 27.8. The number of para-hydroxylation sites is 1. The predicted octanol–water partition coefficient (Wildman–Crippen LogP) is 4.09. The summed E-state index contributed by atoms with van der Waals surface area (Å²) in [6.07, 6.45) is 3.66. The molecule has 0 radical (unpaired) electrons. The Morgan fingerprint density at radius 1 is 1.17 bits per heavy atom. The fourth-order valence-corrected chi connectivity index (χ4v) is 2.64. The highest BCUT2D eigenvalue weighted by Crippen LogP contribution is 2.32. The maximum absolute atomic E-state index is 11.5. The van der Waals surface area contributed by atoms with Gasteiger partial charge in [0.05, 0.1) is 11.7 Å². The minimum Gasteiger partial charge on any atom is -0.490 e. The molecule has 0 N–H and O–H groups in total. The van der Waals surface area contributed by atoms with Crippen molar-refractivity contribution < 1.29 is 9.53 Å². The zero-order valence-electron chi connectivity index (χ0n) is 11.5. The number of hydrogen-bond acceptors (Lipinski definition) is 2. The molecule has 98 valence electrons. The van der Waals surface area contributed by atoms with Crippen LogP contribution in [0.2, 0.25) is 0 Å². The largest absolute Gasteiger partial charge is 0.490 e. The van der Waals surface area contributed by atoms with Crippen molar-refractivity contribution in [1.29, 1.82) is 0 Å². The van der Waals surface area contributed by atoms with Crippen LogP contribution in [0, 0.1) is 11.8 Å². The molecule has 1 aliphatic rings. The number of ether oxygens (including phenoxy) is 1. The molecule has 0 spiro atoms. The Morgan fingerprint density at radius 2 is 1.89 bits per heavy atom. The Bertz CT molecular complexity index is 425. The van der Waals surface area contributed by atoms with Crippen molar-refractivity contribution in [1.82, 2.24) is 0 Å². The van der Waals surface area contributed by atoms with Gasteiger partial charge in [0.25, 0.3) is 0 Å². The monoisotopic (exact) mass is 246 g/mol. The maximum atomic E-state index is 11.5. The third-order valence-corrected chi connectivity index (χ3v) is 4.11. The van der Waals surface area contributed by atoms with Crippen LogP contribution in [0.1, 0.15) is 50.4 Å². The van der Waals surface area contributed by atoms with Gasteiger partial charge in [-0.2, -0.15) is 0 Å². The summed E-state index contributed by atoms with van der Waals surface area (Å²) in [6.45, 7) is 6.19. The van der Waals surface area contributed by atoms with Crippen molar-refractivity contribution in [2.45, 2.75) is 46.1 Å². The summed E-state index contributed by atoms with van der Waals surface area (Å²) in [5, 5.41) is 0. The highest BCUT2D eigenvalue weighted by Gasteiger charge is 2.26. The van der Waals surface area contributed by atoms with Crippen molar-refractivity contribution in [3.05, 3.63) is 29.8 Å². The van der Waals surface area contributed by atoms with Gasteiger partial charge in [-0.3, -0.25) is 4.79 Å². The molecule has 0 aliphatic heterocycles. The molecule has 0 amide bonds. The summed E-state index contributed by atoms with van der Waals surface area (Å²) in [4.78, 5) is 11.5. The minimum absolute atomic E-state index is 0.0721. The third-order valence-electron chi connectivity index (χ3n) is 4.11. The zero-order chi connectivity index (χ0) is 13.1. The number of hydrogen-bond donors (Lipinski definition) is 0. The smallest absolute Gasteiger partial charge is 0.163 e. The van der Waals surface area contributed by atoms with Crippen molar-refractivity contribution in [2.75, 3.05) is 0 Å². The molecule has 0 heterocycles. The van der Waals surface area contributed by atoms with Gasteiger partial charge in [0.2, 0.25) is 0 Å². The first-order valence-electron chi connectivity index (χ1n) is 6.84. The average Bonchev–Trinajstić information content (AvgIpc) is 2.34. The van der Waals surface area contributed by atoms with E-state index < -0.39 is 0 Å². The molecule has 2 heteroatoms. The summed E-state index contributed by atoms with van der Waals surface area (Å²) in [7, 11) is 0. The molecule has 2 rings (SSSR count). The molecular formula is C16H22O2. The maximum Gasteiger partial charge on any atom is 0.163 e. The fraction of sp³-hybridized carbons (Fsp3) is 0.562. The van der Waals surface area contributed by atoms with Crippen LogP contribution in [0.3, 0.4) is 0 Å². The summed E-state index contributed by atoms with van der Waals surface area (Å²) >= 11 is 0. The van der Waals surface area contributed by atoms with Crippen LogP contribution in [0.15, 0.2) is 24.3 Å². The first-order valence-corrected chi connectivity index (χ1v) is 6.84. The number of carbonyl (C=O) groups excluding carboxylic acids is 1. The van der Waals surface area contributed by atoms with Gasteiger partial charge in [-0.25, -0.2) is 0 Å². The number of Topliss-reactive ketones (excluding diaryl/α,β-unsaturated/α-hetero) is 1. The molecule has 1 fully saturated rings. The lowest BCUT2D eigenvalue weighted by Crippen LogP contribution is -2.29. The lowest BCUT2D eigenvalue weighted by molar-refractivity contribution is 0.0939. The van der Waals surface area contributed by atoms with E-state index in [4.69, 9.17) is 4.74 Å². The third kappa shape index (κ3) is 2.92. The highest BCUT2D eigenvalue weighted by molar-refractivity contribution is 5.96. The second-order valence-corrected chi connectivity index (χ2v) is 5.56. The van der Waals surface area contributed by atoms with Crippen LogP contribution >= 0.6 is 0 Å². The van der Waals surface area contributed by atoms with E-state index in [9.17, 15) is 4.79 Å². The minimum atomic E-state index is 0.0721. The van der Waals surface area contributed by atoms with E-state index >= 15 is 0 Å². The number of rotatable bonds is 3. The molecule has 0 saturated heterocycles. The van der Waals surface area contributed by atoms with Crippen molar-refractivity contribution in [3.8, 4) is 5.75 Å². The van der Waals surface area contributed by atoms with Crippen molar-refractivity contribution in [2.24, 2.45) is 11.8 Å². The second-order valence-electron chi connectivity index (χ2n) is 5.56. The van der Waals surface area contributed by atoms with Crippen molar-refractivity contribution in [3.63, 3.8) is 0 Å². The Morgan fingerprint density at radius 3 is 2.56 bits per heavy atom. The Balaban J connectivity index is 2.08. The Kier molecular flexibility index (Phi) is 4.05. The van der Waals surface area contributed by atoms with Crippen LogP contribution in [0.4, 0.5) is 0 Å². The first kappa shape index (κ1) is 13.1. The van der Waals surface area contributed by atoms with E-state index in [1.165, 1.54) is 6.42 Å². The predicted molar refractivity (Wildman–Crippen MR) is 73.0 cm³/mol. The summed E-state index contributed by atoms with van der Waals surface area (Å²) < 4.78 is 6.05. The van der Waals surface area contributed by atoms with Gasteiger partial charge in [0.15, 0.2) is 5.78 Å². The molecule has 1 aliphatic carbocycles. The van der Waals surface area contributed by atoms with Crippen LogP contribution in [0.5, 0.6) is 5.75 Å². The van der Waals surface area contributed by atoms with Gasteiger partial charge < -0.3 is 4.74 Å². The molecule has 2 nitrogen and oxygen atoms in total. The van der Waals surface area contributed by atoms with Crippen LogP contribution in [0.25, 0.3) is 0 Å². The van der Waals surface area contributed by atoms with E-state index in [0.29, 0.717) is 11.5 Å². The summed E-state index contributed by atoms with van der Waals surface area (Å²) in [5.41, 5.74) is 0.698. The molecular weight excluding hydrogens is 224 g/mol. The Labute approximate surface area is 109 Å². The van der Waals surface area contributed by atoms with E-state index in [1.54, 1.807) is 6.92 Å². The molecule has 1 saturated carbocycles. The van der Waals surface area contributed by atoms with Gasteiger partial charge in [-0.15, -0.1) is 0 Å². The van der Waals surface area contributed by atoms with E-state index in [2.05, 4.69) is 13.8 Å². The lowest BCUT2D eigenvalue weighted by Gasteiger charge is -2.32. The molecule has 1 aromatic carbocycles. The lowest BCUT2D eigenvalue weighted by atomic mass is 9.80. The molecule has 0 aromatic heterocycles. The van der Waals surface area contributed by atoms with E-state index in [1.807, 2.05) is 24.3 Å². The molecule has 0 bridgehead atoms. The number of carbonyl (C=O) groups is 1. The zero-order valence-corrected chi connectivity index (χ0v) is 11.5. The Hall–Kier alpha value is -1.31. The fourth-order valence-electron chi connectivity index (χ4n) is 2.64. The number of benzene rings is 1. The van der Waals surface area contributed by atoms with Gasteiger partial charge in [-0.05, 0) is 50.2 Å². The van der Waals surface area contributed by atoms with Gasteiger partial charge in [0.1, 0.15) is 5.75 Å². The summed E-state index contributed by atoms with van der Waals surface area (Å²) in [6, 6.07) is 7.55. The summed E-state index contributed by atoms with van der Waals surface area (Å²) in [5.74, 6) is 2.31. The van der Waals surface area contributed by atoms with E-state index in [0.717, 1.165) is 24.5 Å². The SMILES string of the molecule is CC(=O)c1ccccc1OC1CCC(C)C(C)C1. The topological polar surface area (TPSA) is 26.3 Å². The molecule has 3 atom stereocenters. The average molecular weight is 246 g/mol. The van der Waals surface area contributed by atoms with Crippen LogP contribution in [-0.4, -0.2) is 11.9 Å². The van der Waals surface area contributed by atoms with E-state index in [-0.39, 0.29) is 11.9 Å². The first-order chi connectivity index (χ1) is 8.58. The molecule has 3 unspecified atom stereocenters. The highest BCUT2D eigenvalue weighted by atomic mass is 16.5. The molecule has 1 aromatic rings. The van der Waals surface area contributed by atoms with Crippen molar-refractivity contribution >= 4 is 5.78 Å². The van der Waals surface area contributed by atoms with Gasteiger partial charge in [0, 0.05) is 0 Å². The van der Waals surface area contributed by atoms with Crippen LogP contribution in [-0.2, 0) is 0 Å². The molecule has 18 heavy (non-hydrogen) atoms.